The van der Waals surface area contributed by atoms with Gasteiger partial charge in [-0.25, -0.2) is 0 Å². The molecule has 0 aliphatic carbocycles. The summed E-state index contributed by atoms with van der Waals surface area (Å²) in [5.41, 5.74) is 0. The van der Waals surface area contributed by atoms with Crippen molar-refractivity contribution in [2.45, 2.75) is 19.4 Å². The highest BCUT2D eigenvalue weighted by Crippen LogP contribution is 2.29. The Labute approximate surface area is 89.5 Å². The van der Waals surface area contributed by atoms with Crippen molar-refractivity contribution in [1.82, 2.24) is 9.88 Å². The summed E-state index contributed by atoms with van der Waals surface area (Å²) in [6.45, 7) is 3.14. The van der Waals surface area contributed by atoms with Crippen molar-refractivity contribution in [1.29, 1.82) is 0 Å². The summed E-state index contributed by atoms with van der Waals surface area (Å²) >= 11 is 4.78. The molecule has 0 bridgehead atoms. The molecule has 1 aromatic heterocycles. The van der Waals surface area contributed by atoms with Crippen LogP contribution in [0, 0.1) is 0 Å². The van der Waals surface area contributed by atoms with E-state index in [2.05, 4.69) is 25.8 Å². The molecule has 1 aliphatic rings. The van der Waals surface area contributed by atoms with Gasteiger partial charge in [0.2, 0.25) is 5.88 Å². The third-order valence-electron chi connectivity index (χ3n) is 2.22. The molecule has 2 rings (SSSR count). The predicted octanol–water partition coefficient (Wildman–Crippen LogP) is 2.21. The Kier molecular flexibility index (Phi) is 2.86. The van der Waals surface area contributed by atoms with Gasteiger partial charge in [-0.2, -0.15) is 4.98 Å². The van der Waals surface area contributed by atoms with Crippen LogP contribution in [-0.2, 0) is 6.54 Å². The van der Waals surface area contributed by atoms with Crippen LogP contribution in [0.5, 0.6) is 5.88 Å². The van der Waals surface area contributed by atoms with E-state index < -0.39 is 0 Å². The summed E-state index contributed by atoms with van der Waals surface area (Å²) < 4.78 is 0.763. The highest BCUT2D eigenvalue weighted by molar-refractivity contribution is 9.11. The molecule has 13 heavy (non-hydrogen) atoms. The highest BCUT2D eigenvalue weighted by atomic mass is 79.9. The Balaban J connectivity index is 2.03. The van der Waals surface area contributed by atoms with E-state index in [4.69, 9.17) is 0 Å². The largest absolute Gasteiger partial charge is 0.492 e. The standard InChI is InChI=1S/C8H11BrN2OS/c9-8-10-7(12)6(13-8)5-11-3-1-2-4-11/h12H,1-5H2. The number of rotatable bonds is 2. The van der Waals surface area contributed by atoms with Gasteiger partial charge < -0.3 is 5.11 Å². The number of likely N-dealkylation sites (tertiary alicyclic amines) is 1. The zero-order valence-electron chi connectivity index (χ0n) is 7.16. The molecule has 2 heterocycles. The van der Waals surface area contributed by atoms with Gasteiger partial charge in [0.05, 0.1) is 4.88 Å². The quantitative estimate of drug-likeness (QED) is 0.888. The minimum atomic E-state index is 0.184. The molecule has 0 atom stereocenters. The molecule has 0 saturated carbocycles. The van der Waals surface area contributed by atoms with Crippen LogP contribution >= 0.6 is 27.3 Å². The fourth-order valence-corrected chi connectivity index (χ4v) is 3.04. The van der Waals surface area contributed by atoms with E-state index >= 15 is 0 Å². The first-order valence-corrected chi connectivity index (χ1v) is 5.93. The van der Waals surface area contributed by atoms with Crippen LogP contribution in [0.4, 0.5) is 0 Å². The van der Waals surface area contributed by atoms with Crippen LogP contribution in [0.2, 0.25) is 0 Å². The normalized spacial score (nSPS) is 18.2. The first-order valence-electron chi connectivity index (χ1n) is 4.32. The molecule has 0 unspecified atom stereocenters. The summed E-state index contributed by atoms with van der Waals surface area (Å²) in [6, 6.07) is 0. The van der Waals surface area contributed by atoms with Gasteiger partial charge in [-0.3, -0.25) is 4.90 Å². The van der Waals surface area contributed by atoms with Gasteiger partial charge >= 0.3 is 0 Å². The van der Waals surface area contributed by atoms with Crippen LogP contribution in [0.15, 0.2) is 3.92 Å². The Hall–Kier alpha value is -0.130. The van der Waals surface area contributed by atoms with Gasteiger partial charge in [0, 0.05) is 6.54 Å². The molecule has 0 spiro atoms. The number of hydrogen-bond acceptors (Lipinski definition) is 4. The van der Waals surface area contributed by atoms with Gasteiger partial charge in [0.15, 0.2) is 3.92 Å². The van der Waals surface area contributed by atoms with E-state index in [0.717, 1.165) is 28.4 Å². The van der Waals surface area contributed by atoms with Crippen molar-refractivity contribution < 1.29 is 5.11 Å². The molecule has 72 valence electrons. The summed E-state index contributed by atoms with van der Waals surface area (Å²) in [4.78, 5) is 7.23. The molecule has 1 fully saturated rings. The maximum atomic E-state index is 9.43. The van der Waals surface area contributed by atoms with E-state index in [1.54, 1.807) is 0 Å². The topological polar surface area (TPSA) is 36.4 Å². The molecule has 3 nitrogen and oxygen atoms in total. The van der Waals surface area contributed by atoms with Gasteiger partial charge in [0.25, 0.3) is 0 Å². The van der Waals surface area contributed by atoms with Crippen molar-refractivity contribution >= 4 is 27.3 Å². The average molecular weight is 263 g/mol. The fraction of sp³-hybridized carbons (Fsp3) is 0.625. The molecule has 1 aliphatic heterocycles. The zero-order chi connectivity index (χ0) is 9.26. The predicted molar refractivity (Wildman–Crippen MR) is 56.0 cm³/mol. The number of aromatic nitrogens is 1. The molecular formula is C8H11BrN2OS. The van der Waals surface area contributed by atoms with E-state index in [9.17, 15) is 5.11 Å². The second kappa shape index (κ2) is 3.94. The molecule has 1 saturated heterocycles. The van der Waals surface area contributed by atoms with E-state index in [1.807, 2.05) is 0 Å². The van der Waals surface area contributed by atoms with Crippen LogP contribution in [0.3, 0.4) is 0 Å². The first-order chi connectivity index (χ1) is 6.25. The van der Waals surface area contributed by atoms with Crippen molar-refractivity contribution in [3.05, 3.63) is 8.79 Å². The maximum absolute atomic E-state index is 9.43. The summed E-state index contributed by atoms with van der Waals surface area (Å²) in [5, 5.41) is 9.43. The van der Waals surface area contributed by atoms with Crippen LogP contribution in [-0.4, -0.2) is 28.1 Å². The van der Waals surface area contributed by atoms with E-state index in [-0.39, 0.29) is 5.88 Å². The summed E-state index contributed by atoms with van der Waals surface area (Å²) in [6.07, 6.45) is 2.56. The number of hydrogen-bond donors (Lipinski definition) is 1. The number of aromatic hydroxyl groups is 1. The Morgan fingerprint density at radius 3 is 2.69 bits per heavy atom. The monoisotopic (exact) mass is 262 g/mol. The minimum Gasteiger partial charge on any atom is -0.492 e. The van der Waals surface area contributed by atoms with Crippen molar-refractivity contribution in [2.75, 3.05) is 13.1 Å². The summed E-state index contributed by atoms with van der Waals surface area (Å²) in [5.74, 6) is 0.184. The van der Waals surface area contributed by atoms with Gasteiger partial charge in [-0.15, -0.1) is 11.3 Å². The lowest BCUT2D eigenvalue weighted by molar-refractivity contribution is 0.326. The van der Waals surface area contributed by atoms with Crippen molar-refractivity contribution in [3.8, 4) is 5.88 Å². The third kappa shape index (κ3) is 2.21. The molecular weight excluding hydrogens is 252 g/mol. The Morgan fingerprint density at radius 1 is 1.46 bits per heavy atom. The lowest BCUT2D eigenvalue weighted by atomic mass is 10.4. The van der Waals surface area contributed by atoms with Gasteiger partial charge in [-0.1, -0.05) is 0 Å². The molecule has 0 radical (unpaired) electrons. The molecule has 1 aromatic rings. The number of thiazole rings is 1. The second-order valence-corrected chi connectivity index (χ2v) is 5.56. The Bertz CT molecular complexity index is 296. The average Bonchev–Trinajstić information content (AvgIpc) is 2.63. The number of halogens is 1. The van der Waals surface area contributed by atoms with Crippen LogP contribution in [0.25, 0.3) is 0 Å². The van der Waals surface area contributed by atoms with E-state index in [1.165, 1.54) is 24.2 Å². The van der Waals surface area contributed by atoms with Crippen LogP contribution < -0.4 is 0 Å². The lowest BCUT2D eigenvalue weighted by Gasteiger charge is -2.12. The third-order valence-corrected chi connectivity index (χ3v) is 3.70. The smallest absolute Gasteiger partial charge is 0.227 e. The SMILES string of the molecule is Oc1nc(Br)sc1CN1CCCC1. The zero-order valence-corrected chi connectivity index (χ0v) is 9.57. The first kappa shape index (κ1) is 9.43. The van der Waals surface area contributed by atoms with Gasteiger partial charge in [-0.05, 0) is 41.9 Å². The van der Waals surface area contributed by atoms with Crippen molar-refractivity contribution in [3.63, 3.8) is 0 Å². The maximum Gasteiger partial charge on any atom is 0.227 e. The highest BCUT2D eigenvalue weighted by Gasteiger charge is 2.16. The second-order valence-electron chi connectivity index (χ2n) is 3.20. The fourth-order valence-electron chi connectivity index (χ4n) is 1.56. The van der Waals surface area contributed by atoms with Crippen molar-refractivity contribution in [2.24, 2.45) is 0 Å². The van der Waals surface area contributed by atoms with E-state index in [0.29, 0.717) is 0 Å². The number of nitrogens with zero attached hydrogens (tertiary/aromatic N) is 2. The molecule has 0 amide bonds. The molecule has 1 N–H and O–H groups in total. The molecule has 0 aromatic carbocycles. The minimum absolute atomic E-state index is 0.184. The molecule has 5 heteroatoms. The van der Waals surface area contributed by atoms with Crippen LogP contribution in [0.1, 0.15) is 17.7 Å². The Morgan fingerprint density at radius 2 is 2.15 bits per heavy atom. The lowest BCUT2D eigenvalue weighted by Crippen LogP contribution is -2.17. The summed E-state index contributed by atoms with van der Waals surface area (Å²) in [7, 11) is 0. The van der Waals surface area contributed by atoms with Gasteiger partial charge in [0.1, 0.15) is 0 Å².